The van der Waals surface area contributed by atoms with Crippen molar-refractivity contribution in [2.45, 2.75) is 32.0 Å². The molecule has 0 aliphatic carbocycles. The van der Waals surface area contributed by atoms with E-state index >= 15 is 0 Å². The predicted molar refractivity (Wildman–Crippen MR) is 135 cm³/mol. The fraction of sp³-hybridized carbons (Fsp3) is 0.250. The molecule has 5 rings (SSSR count). The third-order valence-corrected chi connectivity index (χ3v) is 6.84. The summed E-state index contributed by atoms with van der Waals surface area (Å²) >= 11 is 0. The van der Waals surface area contributed by atoms with E-state index in [9.17, 15) is 14.4 Å². The molecular formula is C28H28N4O3. The summed E-state index contributed by atoms with van der Waals surface area (Å²) < 4.78 is 0. The van der Waals surface area contributed by atoms with Gasteiger partial charge in [-0.15, -0.1) is 0 Å². The number of fused-ring (bicyclic) bond motifs is 4. The van der Waals surface area contributed by atoms with Crippen LogP contribution in [-0.4, -0.2) is 42.4 Å². The molecule has 178 valence electrons. The first kappa shape index (κ1) is 22.7. The molecule has 0 fully saturated rings. The smallest absolute Gasteiger partial charge is 0.318 e. The maximum atomic E-state index is 13.4. The fourth-order valence-corrected chi connectivity index (χ4v) is 4.85. The Morgan fingerprint density at radius 2 is 1.57 bits per heavy atom. The second-order valence-electron chi connectivity index (χ2n) is 9.05. The molecule has 0 bridgehead atoms. The lowest BCUT2D eigenvalue weighted by Gasteiger charge is -2.30. The molecule has 2 N–H and O–H groups in total. The first-order chi connectivity index (χ1) is 16.9. The van der Waals surface area contributed by atoms with Crippen LogP contribution in [0.5, 0.6) is 0 Å². The van der Waals surface area contributed by atoms with E-state index in [4.69, 9.17) is 0 Å². The van der Waals surface area contributed by atoms with Gasteiger partial charge in [0.1, 0.15) is 12.1 Å². The van der Waals surface area contributed by atoms with Crippen molar-refractivity contribution in [2.24, 2.45) is 0 Å². The Kier molecular flexibility index (Phi) is 5.99. The molecule has 35 heavy (non-hydrogen) atoms. The number of hydrogen-bond donors (Lipinski definition) is 2. The van der Waals surface area contributed by atoms with E-state index < -0.39 is 18.0 Å². The zero-order valence-corrected chi connectivity index (χ0v) is 19.8. The molecule has 3 aromatic rings. The number of carbonyl (C=O) groups excluding carboxylic acids is 3. The number of urea groups is 1. The molecule has 4 amide bonds. The number of rotatable bonds is 3. The largest absolute Gasteiger partial charge is 0.339 e. The Bertz CT molecular complexity index is 1300. The van der Waals surface area contributed by atoms with Crippen molar-refractivity contribution in [2.75, 3.05) is 18.5 Å². The summed E-state index contributed by atoms with van der Waals surface area (Å²) in [7, 11) is 1.71. The van der Waals surface area contributed by atoms with Crippen LogP contribution in [0.25, 0.3) is 11.1 Å². The topological polar surface area (TPSA) is 81.8 Å². The number of amides is 4. The number of carbonyl (C=O) groups is 3. The highest BCUT2D eigenvalue weighted by Gasteiger charge is 2.34. The highest BCUT2D eigenvalue weighted by atomic mass is 16.2. The molecule has 7 heteroatoms. The summed E-state index contributed by atoms with van der Waals surface area (Å²) in [5.74, 6) is -0.648. The summed E-state index contributed by atoms with van der Waals surface area (Å²) in [5, 5.41) is 5.69. The van der Waals surface area contributed by atoms with Crippen LogP contribution in [0.3, 0.4) is 0 Å². The van der Waals surface area contributed by atoms with Crippen LogP contribution in [0.15, 0.2) is 72.8 Å². The van der Waals surface area contributed by atoms with Gasteiger partial charge in [0.25, 0.3) is 5.91 Å². The molecule has 2 atom stereocenters. The average molecular weight is 469 g/mol. The monoisotopic (exact) mass is 468 g/mol. The van der Waals surface area contributed by atoms with Gasteiger partial charge in [-0.05, 0) is 41.7 Å². The van der Waals surface area contributed by atoms with Crippen molar-refractivity contribution in [3.05, 3.63) is 89.5 Å². The van der Waals surface area contributed by atoms with Gasteiger partial charge < -0.3 is 20.4 Å². The van der Waals surface area contributed by atoms with E-state index in [1.54, 1.807) is 23.8 Å². The van der Waals surface area contributed by atoms with Crippen LogP contribution in [0.1, 0.15) is 29.7 Å². The van der Waals surface area contributed by atoms with Crippen LogP contribution >= 0.6 is 0 Å². The van der Waals surface area contributed by atoms with E-state index in [2.05, 4.69) is 16.7 Å². The first-order valence-electron chi connectivity index (χ1n) is 11.8. The Morgan fingerprint density at radius 1 is 0.914 bits per heavy atom. The number of likely N-dealkylation sites (N-methyl/N-ethyl adjacent to an activating group) is 1. The lowest BCUT2D eigenvalue weighted by atomic mass is 9.95. The molecule has 7 nitrogen and oxygen atoms in total. The SMILES string of the molecule is C[C@H](NC(=O)N1CCc2ccccc2C1)C(=O)N[C@H]1C(=O)N(C)c2ccccc2-c2ccccc21. The number of hydrogen-bond acceptors (Lipinski definition) is 3. The van der Waals surface area contributed by atoms with Crippen LogP contribution in [0.4, 0.5) is 10.5 Å². The van der Waals surface area contributed by atoms with E-state index in [1.807, 2.05) is 66.7 Å². The molecular weight excluding hydrogens is 440 g/mol. The minimum Gasteiger partial charge on any atom is -0.339 e. The number of benzene rings is 3. The molecule has 3 aromatic carbocycles. The molecule has 0 radical (unpaired) electrons. The van der Waals surface area contributed by atoms with Crippen LogP contribution in [0, 0.1) is 0 Å². The van der Waals surface area contributed by atoms with Crippen molar-refractivity contribution in [3.63, 3.8) is 0 Å². The lowest BCUT2D eigenvalue weighted by molar-refractivity contribution is -0.128. The maximum Gasteiger partial charge on any atom is 0.318 e. The Hall–Kier alpha value is -4.13. The third-order valence-electron chi connectivity index (χ3n) is 6.84. The Balaban J connectivity index is 1.32. The first-order valence-corrected chi connectivity index (χ1v) is 11.8. The Morgan fingerprint density at radius 3 is 2.37 bits per heavy atom. The van der Waals surface area contributed by atoms with Gasteiger partial charge in [0, 0.05) is 25.7 Å². The van der Waals surface area contributed by atoms with E-state index in [0.29, 0.717) is 13.1 Å². The number of nitrogens with zero attached hydrogens (tertiary/aromatic N) is 2. The van der Waals surface area contributed by atoms with Crippen molar-refractivity contribution in [3.8, 4) is 11.1 Å². The average Bonchev–Trinajstić information content (AvgIpc) is 2.98. The molecule has 2 aliphatic heterocycles. The number of para-hydroxylation sites is 1. The van der Waals surface area contributed by atoms with Crippen molar-refractivity contribution in [1.82, 2.24) is 15.5 Å². The minimum absolute atomic E-state index is 0.234. The van der Waals surface area contributed by atoms with Gasteiger partial charge >= 0.3 is 6.03 Å². The van der Waals surface area contributed by atoms with Gasteiger partial charge in [-0.3, -0.25) is 9.59 Å². The molecule has 2 heterocycles. The second kappa shape index (κ2) is 9.25. The molecule has 2 aliphatic rings. The molecule has 0 aromatic heterocycles. The summed E-state index contributed by atoms with van der Waals surface area (Å²) in [5.41, 5.74) is 5.71. The minimum atomic E-state index is -0.864. The van der Waals surface area contributed by atoms with Gasteiger partial charge in [0.05, 0.1) is 5.69 Å². The molecule has 0 saturated heterocycles. The standard InChI is InChI=1S/C28H28N4O3/c1-18(29-28(35)32-16-15-19-9-3-4-10-20(19)17-32)26(33)30-25-23-13-6-5-11-21(23)22-12-7-8-14-24(22)31(2)27(25)34/h3-14,18,25H,15-17H2,1-2H3,(H,29,35)(H,30,33)/t18-,25+/m0/s1. The molecule has 0 saturated carbocycles. The van der Waals surface area contributed by atoms with E-state index in [0.717, 1.165) is 34.4 Å². The summed E-state index contributed by atoms with van der Waals surface area (Å²) in [4.78, 5) is 42.8. The quantitative estimate of drug-likeness (QED) is 0.616. The summed E-state index contributed by atoms with van der Waals surface area (Å²) in [6.45, 7) is 2.74. The van der Waals surface area contributed by atoms with Gasteiger partial charge in [-0.25, -0.2) is 4.79 Å². The Labute approximate surface area is 204 Å². The molecule has 0 unspecified atom stereocenters. The van der Waals surface area contributed by atoms with Crippen LogP contribution in [-0.2, 0) is 22.6 Å². The molecule has 0 spiro atoms. The van der Waals surface area contributed by atoms with Crippen LogP contribution < -0.4 is 15.5 Å². The zero-order chi connectivity index (χ0) is 24.5. The number of anilines is 1. The van der Waals surface area contributed by atoms with E-state index in [-0.39, 0.29) is 11.9 Å². The van der Waals surface area contributed by atoms with Crippen molar-refractivity contribution < 1.29 is 14.4 Å². The van der Waals surface area contributed by atoms with Gasteiger partial charge in [-0.1, -0.05) is 66.7 Å². The second-order valence-corrected chi connectivity index (χ2v) is 9.05. The maximum absolute atomic E-state index is 13.4. The number of nitrogens with one attached hydrogen (secondary N) is 2. The third kappa shape index (κ3) is 4.25. The zero-order valence-electron chi connectivity index (χ0n) is 19.8. The van der Waals surface area contributed by atoms with E-state index in [1.165, 1.54) is 5.56 Å². The van der Waals surface area contributed by atoms with Gasteiger partial charge in [-0.2, -0.15) is 0 Å². The van der Waals surface area contributed by atoms with Crippen molar-refractivity contribution in [1.29, 1.82) is 0 Å². The van der Waals surface area contributed by atoms with Gasteiger partial charge in [0.2, 0.25) is 5.91 Å². The van der Waals surface area contributed by atoms with Crippen molar-refractivity contribution >= 4 is 23.5 Å². The van der Waals surface area contributed by atoms with Crippen LogP contribution in [0.2, 0.25) is 0 Å². The normalized spacial score (nSPS) is 17.4. The lowest BCUT2D eigenvalue weighted by Crippen LogP contribution is -2.52. The van der Waals surface area contributed by atoms with Gasteiger partial charge in [0.15, 0.2) is 0 Å². The highest BCUT2D eigenvalue weighted by molar-refractivity contribution is 6.06. The summed E-state index contributed by atoms with van der Waals surface area (Å²) in [6.07, 6.45) is 0.782. The fourth-order valence-electron chi connectivity index (χ4n) is 4.85. The highest BCUT2D eigenvalue weighted by Crippen LogP contribution is 2.39. The predicted octanol–water partition coefficient (Wildman–Crippen LogP) is 3.64. The summed E-state index contributed by atoms with van der Waals surface area (Å²) in [6, 6.07) is 21.4.